The van der Waals surface area contributed by atoms with Gasteiger partial charge < -0.3 is 15.0 Å². The van der Waals surface area contributed by atoms with Crippen LogP contribution in [-0.2, 0) is 4.74 Å². The van der Waals surface area contributed by atoms with Gasteiger partial charge in [0.25, 0.3) is 0 Å². The summed E-state index contributed by atoms with van der Waals surface area (Å²) in [5, 5.41) is 3.57. The molecular weight excluding hydrogens is 417 g/mol. The highest BCUT2D eigenvalue weighted by Gasteiger charge is 2.30. The third-order valence-corrected chi connectivity index (χ3v) is 5.39. The van der Waals surface area contributed by atoms with E-state index in [0.717, 1.165) is 71.0 Å². The van der Waals surface area contributed by atoms with Crippen LogP contribution in [0.5, 0.6) is 0 Å². The third-order valence-electron chi connectivity index (χ3n) is 5.39. The predicted octanol–water partition coefficient (Wildman–Crippen LogP) is 1.07. The van der Waals surface area contributed by atoms with Crippen molar-refractivity contribution in [2.24, 2.45) is 4.99 Å². The molecule has 1 saturated carbocycles. The molecular formula is C17H34IN5O. The molecule has 1 aliphatic carbocycles. The van der Waals surface area contributed by atoms with E-state index >= 15 is 0 Å². The standard InChI is InChI=1S/C17H33N5O.HI/c1-3-20(15-4-5-15)9-7-19-17(18-2)22-8-6-16(14-22)21-10-12-23-13-11-21;/h15-16H,3-14H2,1-2H3,(H,18,19);1H. The summed E-state index contributed by atoms with van der Waals surface area (Å²) in [5.41, 5.74) is 0. The number of hydrogen-bond acceptors (Lipinski definition) is 4. The Morgan fingerprint density at radius 3 is 2.58 bits per heavy atom. The first-order chi connectivity index (χ1) is 11.3. The Morgan fingerprint density at radius 1 is 1.21 bits per heavy atom. The first kappa shape index (κ1) is 20.2. The quantitative estimate of drug-likeness (QED) is 0.372. The highest BCUT2D eigenvalue weighted by atomic mass is 127. The number of likely N-dealkylation sites (N-methyl/N-ethyl adjacent to an activating group) is 1. The van der Waals surface area contributed by atoms with Crippen LogP contribution in [-0.4, -0.2) is 98.8 Å². The van der Waals surface area contributed by atoms with Crippen LogP contribution in [0.2, 0.25) is 0 Å². The molecule has 3 fully saturated rings. The summed E-state index contributed by atoms with van der Waals surface area (Å²) >= 11 is 0. The molecule has 3 aliphatic rings. The Balaban J connectivity index is 0.00000208. The van der Waals surface area contributed by atoms with E-state index in [1.165, 1.54) is 19.3 Å². The molecule has 140 valence electrons. The van der Waals surface area contributed by atoms with Crippen LogP contribution >= 0.6 is 24.0 Å². The Hall–Kier alpha value is -0.120. The van der Waals surface area contributed by atoms with Crippen molar-refractivity contribution in [1.82, 2.24) is 20.0 Å². The Bertz CT molecular complexity index is 398. The fourth-order valence-corrected chi connectivity index (χ4v) is 3.86. The van der Waals surface area contributed by atoms with Crippen molar-refractivity contribution in [2.75, 3.05) is 66.1 Å². The second kappa shape index (κ2) is 10.1. The lowest BCUT2D eigenvalue weighted by molar-refractivity contribution is 0.0195. The van der Waals surface area contributed by atoms with Crippen LogP contribution in [0.1, 0.15) is 26.2 Å². The summed E-state index contributed by atoms with van der Waals surface area (Å²) in [4.78, 5) is 12.1. The molecule has 0 aromatic carbocycles. The molecule has 0 aromatic heterocycles. The molecule has 2 saturated heterocycles. The molecule has 6 nitrogen and oxygen atoms in total. The molecule has 0 radical (unpaired) electrons. The van der Waals surface area contributed by atoms with E-state index in [9.17, 15) is 0 Å². The average molecular weight is 451 g/mol. The average Bonchev–Trinajstić information content (AvgIpc) is 3.32. The maximum absolute atomic E-state index is 5.47. The van der Waals surface area contributed by atoms with Gasteiger partial charge in [-0.25, -0.2) is 0 Å². The minimum Gasteiger partial charge on any atom is -0.379 e. The molecule has 3 rings (SSSR count). The topological polar surface area (TPSA) is 43.3 Å². The van der Waals surface area contributed by atoms with Crippen molar-refractivity contribution in [3.05, 3.63) is 0 Å². The number of likely N-dealkylation sites (tertiary alicyclic amines) is 1. The molecule has 24 heavy (non-hydrogen) atoms. The first-order valence-electron chi connectivity index (χ1n) is 9.33. The molecule has 1 unspecified atom stereocenters. The van der Waals surface area contributed by atoms with Gasteiger partial charge in [0.05, 0.1) is 13.2 Å². The van der Waals surface area contributed by atoms with Gasteiger partial charge >= 0.3 is 0 Å². The normalized spacial score (nSPS) is 25.9. The van der Waals surface area contributed by atoms with Gasteiger partial charge in [-0.15, -0.1) is 24.0 Å². The molecule has 2 aliphatic heterocycles. The Morgan fingerprint density at radius 2 is 1.96 bits per heavy atom. The number of aliphatic imine (C=N–C) groups is 1. The number of nitrogens with one attached hydrogen (secondary N) is 1. The minimum absolute atomic E-state index is 0. The number of hydrogen-bond donors (Lipinski definition) is 1. The number of ether oxygens (including phenoxy) is 1. The second-order valence-electron chi connectivity index (χ2n) is 6.87. The van der Waals surface area contributed by atoms with E-state index in [1.54, 1.807) is 0 Å². The van der Waals surface area contributed by atoms with Gasteiger partial charge in [-0.3, -0.25) is 14.8 Å². The van der Waals surface area contributed by atoms with E-state index in [2.05, 4.69) is 31.9 Å². The zero-order valence-electron chi connectivity index (χ0n) is 15.2. The maximum Gasteiger partial charge on any atom is 0.193 e. The molecule has 0 spiro atoms. The van der Waals surface area contributed by atoms with Crippen molar-refractivity contribution < 1.29 is 4.74 Å². The first-order valence-corrected chi connectivity index (χ1v) is 9.33. The zero-order chi connectivity index (χ0) is 16.1. The lowest BCUT2D eigenvalue weighted by Crippen LogP contribution is -2.47. The predicted molar refractivity (Wildman–Crippen MR) is 109 cm³/mol. The lowest BCUT2D eigenvalue weighted by atomic mass is 10.2. The van der Waals surface area contributed by atoms with Crippen LogP contribution in [0.25, 0.3) is 0 Å². The summed E-state index contributed by atoms with van der Waals surface area (Å²) in [6, 6.07) is 1.51. The number of halogens is 1. The van der Waals surface area contributed by atoms with E-state index in [1.807, 2.05) is 7.05 Å². The van der Waals surface area contributed by atoms with Crippen LogP contribution in [0.15, 0.2) is 4.99 Å². The van der Waals surface area contributed by atoms with Crippen molar-refractivity contribution in [1.29, 1.82) is 0 Å². The fourth-order valence-electron chi connectivity index (χ4n) is 3.86. The molecule has 0 amide bonds. The molecule has 7 heteroatoms. The van der Waals surface area contributed by atoms with Gasteiger partial charge in [-0.1, -0.05) is 6.92 Å². The number of guanidine groups is 1. The number of morpholine rings is 1. The lowest BCUT2D eigenvalue weighted by Gasteiger charge is -2.32. The van der Waals surface area contributed by atoms with Crippen LogP contribution in [0, 0.1) is 0 Å². The summed E-state index contributed by atoms with van der Waals surface area (Å²) in [6.07, 6.45) is 4.01. The van der Waals surface area contributed by atoms with Gasteiger partial charge in [0.1, 0.15) is 0 Å². The van der Waals surface area contributed by atoms with Gasteiger partial charge in [-0.05, 0) is 25.8 Å². The van der Waals surface area contributed by atoms with Crippen molar-refractivity contribution in [3.8, 4) is 0 Å². The summed E-state index contributed by atoms with van der Waals surface area (Å²) < 4.78 is 5.47. The Labute approximate surface area is 164 Å². The highest BCUT2D eigenvalue weighted by Crippen LogP contribution is 2.25. The molecule has 2 heterocycles. The Kier molecular flexibility index (Phi) is 8.53. The summed E-state index contributed by atoms with van der Waals surface area (Å²) in [7, 11) is 1.91. The van der Waals surface area contributed by atoms with Crippen LogP contribution in [0.4, 0.5) is 0 Å². The van der Waals surface area contributed by atoms with E-state index in [4.69, 9.17) is 4.74 Å². The molecule has 0 bridgehead atoms. The van der Waals surface area contributed by atoms with Crippen molar-refractivity contribution >= 4 is 29.9 Å². The smallest absolute Gasteiger partial charge is 0.193 e. The minimum atomic E-state index is 0. The largest absolute Gasteiger partial charge is 0.379 e. The molecule has 1 atom stereocenters. The van der Waals surface area contributed by atoms with Gasteiger partial charge in [0.2, 0.25) is 0 Å². The zero-order valence-corrected chi connectivity index (χ0v) is 17.6. The fraction of sp³-hybridized carbons (Fsp3) is 0.941. The van der Waals surface area contributed by atoms with Crippen molar-refractivity contribution in [2.45, 2.75) is 38.3 Å². The number of nitrogens with zero attached hydrogens (tertiary/aromatic N) is 4. The van der Waals surface area contributed by atoms with Crippen molar-refractivity contribution in [3.63, 3.8) is 0 Å². The van der Waals surface area contributed by atoms with Crippen LogP contribution < -0.4 is 5.32 Å². The summed E-state index contributed by atoms with van der Waals surface area (Å²) in [6.45, 7) is 11.7. The molecule has 0 aromatic rings. The maximum atomic E-state index is 5.47. The van der Waals surface area contributed by atoms with Gasteiger partial charge in [0.15, 0.2) is 5.96 Å². The van der Waals surface area contributed by atoms with E-state index < -0.39 is 0 Å². The highest BCUT2D eigenvalue weighted by molar-refractivity contribution is 14.0. The van der Waals surface area contributed by atoms with Gasteiger partial charge in [0, 0.05) is 58.4 Å². The summed E-state index contributed by atoms with van der Waals surface area (Å²) in [5.74, 6) is 1.08. The second-order valence-corrected chi connectivity index (χ2v) is 6.87. The SMILES string of the molecule is CCN(CCNC(=NC)N1CCC(N2CCOCC2)C1)C1CC1.I. The number of rotatable bonds is 6. The third kappa shape index (κ3) is 5.44. The monoisotopic (exact) mass is 451 g/mol. The van der Waals surface area contributed by atoms with Crippen LogP contribution in [0.3, 0.4) is 0 Å². The van der Waals surface area contributed by atoms with E-state index in [-0.39, 0.29) is 24.0 Å². The van der Waals surface area contributed by atoms with E-state index in [0.29, 0.717) is 6.04 Å². The van der Waals surface area contributed by atoms with Gasteiger partial charge in [-0.2, -0.15) is 0 Å². The molecule has 1 N–H and O–H groups in total.